The average molecular weight is 347 g/mol. The van der Waals surface area contributed by atoms with E-state index in [1.807, 2.05) is 6.92 Å². The number of aryl methyl sites for hydroxylation is 3. The lowest BCUT2D eigenvalue weighted by molar-refractivity contribution is 0.390. The van der Waals surface area contributed by atoms with Crippen LogP contribution in [0.5, 0.6) is 0 Å². The number of hydrogen-bond donors (Lipinski definition) is 2. The van der Waals surface area contributed by atoms with E-state index in [0.29, 0.717) is 23.0 Å². The quantitative estimate of drug-likeness (QED) is 0.754. The molecular weight excluding hydrogens is 330 g/mol. The standard InChI is InChI=1S/C16H17N3O4S/c1-4-11-8-15(20)13-7-12(5-6-14(13)17-11)19-24(21,22)16-9(2)18-23-10(16)3/h5-8,19H,4H2,1-3H3,(H,17,20). The molecule has 2 N–H and O–H groups in total. The molecule has 0 fully saturated rings. The molecule has 0 saturated carbocycles. The van der Waals surface area contributed by atoms with Crippen LogP contribution < -0.4 is 10.2 Å². The van der Waals surface area contributed by atoms with Crippen LogP contribution in [0.15, 0.2) is 38.5 Å². The second-order valence-electron chi connectivity index (χ2n) is 5.53. The fraction of sp³-hybridized carbons (Fsp3) is 0.250. The van der Waals surface area contributed by atoms with Gasteiger partial charge in [0.25, 0.3) is 10.0 Å². The zero-order valence-corrected chi connectivity index (χ0v) is 14.3. The van der Waals surface area contributed by atoms with Gasteiger partial charge in [-0.1, -0.05) is 12.1 Å². The molecule has 8 heteroatoms. The van der Waals surface area contributed by atoms with Gasteiger partial charge < -0.3 is 9.51 Å². The van der Waals surface area contributed by atoms with Crippen molar-refractivity contribution in [1.29, 1.82) is 0 Å². The Bertz CT molecular complexity index is 1060. The third-order valence-electron chi connectivity index (χ3n) is 3.76. The summed E-state index contributed by atoms with van der Waals surface area (Å²) in [6, 6.07) is 6.33. The predicted molar refractivity (Wildman–Crippen MR) is 90.7 cm³/mol. The molecule has 0 unspecified atom stereocenters. The second kappa shape index (κ2) is 5.79. The summed E-state index contributed by atoms with van der Waals surface area (Å²) < 4.78 is 32.4. The number of hydrogen-bond acceptors (Lipinski definition) is 5. The minimum Gasteiger partial charge on any atom is -0.360 e. The van der Waals surface area contributed by atoms with E-state index < -0.39 is 10.0 Å². The van der Waals surface area contributed by atoms with Crippen LogP contribution in [0, 0.1) is 13.8 Å². The molecule has 126 valence electrons. The SMILES string of the molecule is CCc1cc(=O)c2cc(NS(=O)(=O)c3c(C)noc3C)ccc2[nH]1. The Morgan fingerprint density at radius 1 is 1.25 bits per heavy atom. The van der Waals surface area contributed by atoms with E-state index in [2.05, 4.69) is 14.9 Å². The number of H-pyrrole nitrogens is 1. The molecule has 0 spiro atoms. The molecule has 7 nitrogen and oxygen atoms in total. The van der Waals surface area contributed by atoms with Gasteiger partial charge >= 0.3 is 0 Å². The van der Waals surface area contributed by atoms with E-state index in [-0.39, 0.29) is 21.8 Å². The van der Waals surface area contributed by atoms with Crippen LogP contribution in [-0.4, -0.2) is 18.6 Å². The zero-order valence-electron chi connectivity index (χ0n) is 13.5. The van der Waals surface area contributed by atoms with Crippen LogP contribution in [0.2, 0.25) is 0 Å². The summed E-state index contributed by atoms with van der Waals surface area (Å²) in [4.78, 5) is 15.4. The number of nitrogens with one attached hydrogen (secondary N) is 2. The van der Waals surface area contributed by atoms with E-state index in [0.717, 1.165) is 5.69 Å². The molecule has 0 atom stereocenters. The molecule has 3 rings (SSSR count). The number of aromatic amines is 1. The number of nitrogens with zero attached hydrogens (tertiary/aromatic N) is 1. The molecule has 1 aromatic carbocycles. The van der Waals surface area contributed by atoms with Crippen LogP contribution in [0.1, 0.15) is 24.1 Å². The summed E-state index contributed by atoms with van der Waals surface area (Å²) in [5.74, 6) is 0.214. The van der Waals surface area contributed by atoms with E-state index >= 15 is 0 Å². The number of rotatable bonds is 4. The van der Waals surface area contributed by atoms with Crippen molar-refractivity contribution in [2.75, 3.05) is 4.72 Å². The van der Waals surface area contributed by atoms with Crippen molar-refractivity contribution in [3.8, 4) is 0 Å². The lowest BCUT2D eigenvalue weighted by atomic mass is 10.1. The van der Waals surface area contributed by atoms with Crippen molar-refractivity contribution in [3.05, 3.63) is 51.6 Å². The third-order valence-corrected chi connectivity index (χ3v) is 5.38. The largest absolute Gasteiger partial charge is 0.360 e. The number of sulfonamides is 1. The third kappa shape index (κ3) is 2.80. The van der Waals surface area contributed by atoms with Crippen LogP contribution in [0.25, 0.3) is 10.9 Å². The number of fused-ring (bicyclic) bond motifs is 1. The van der Waals surface area contributed by atoms with Gasteiger partial charge in [0.05, 0.1) is 0 Å². The molecule has 3 aromatic rings. The Kier molecular flexibility index (Phi) is 3.92. The highest BCUT2D eigenvalue weighted by Crippen LogP contribution is 2.23. The minimum atomic E-state index is -3.84. The number of aromatic nitrogens is 2. The van der Waals surface area contributed by atoms with Gasteiger partial charge in [-0.05, 0) is 38.5 Å². The van der Waals surface area contributed by atoms with E-state index in [1.54, 1.807) is 19.1 Å². The Morgan fingerprint density at radius 2 is 2.00 bits per heavy atom. The summed E-state index contributed by atoms with van der Waals surface area (Å²) in [5, 5.41) is 4.08. The molecule has 0 aliphatic rings. The maximum absolute atomic E-state index is 12.5. The monoisotopic (exact) mass is 347 g/mol. The predicted octanol–water partition coefficient (Wildman–Crippen LogP) is 2.50. The van der Waals surface area contributed by atoms with Crippen molar-refractivity contribution >= 4 is 26.6 Å². The fourth-order valence-electron chi connectivity index (χ4n) is 2.62. The summed E-state index contributed by atoms with van der Waals surface area (Å²) in [7, 11) is -3.84. The van der Waals surface area contributed by atoms with Crippen molar-refractivity contribution in [2.45, 2.75) is 32.1 Å². The van der Waals surface area contributed by atoms with Crippen molar-refractivity contribution in [1.82, 2.24) is 10.1 Å². The highest BCUT2D eigenvalue weighted by atomic mass is 32.2. The highest BCUT2D eigenvalue weighted by molar-refractivity contribution is 7.92. The van der Waals surface area contributed by atoms with Gasteiger partial charge in [0, 0.05) is 28.4 Å². The Balaban J connectivity index is 2.05. The first-order chi connectivity index (χ1) is 11.3. The maximum Gasteiger partial charge on any atom is 0.267 e. The Labute approximate surface area is 138 Å². The van der Waals surface area contributed by atoms with Crippen LogP contribution in [0.4, 0.5) is 5.69 Å². The maximum atomic E-state index is 12.5. The first-order valence-electron chi connectivity index (χ1n) is 7.43. The summed E-state index contributed by atoms with van der Waals surface area (Å²) in [6.45, 7) is 5.04. The van der Waals surface area contributed by atoms with Crippen LogP contribution in [-0.2, 0) is 16.4 Å². The smallest absolute Gasteiger partial charge is 0.267 e. The number of pyridine rings is 1. The molecule has 0 bridgehead atoms. The van der Waals surface area contributed by atoms with E-state index in [9.17, 15) is 13.2 Å². The molecule has 2 aromatic heterocycles. The topological polar surface area (TPSA) is 105 Å². The second-order valence-corrected chi connectivity index (χ2v) is 7.15. The van der Waals surface area contributed by atoms with Gasteiger partial charge in [0.2, 0.25) is 0 Å². The zero-order chi connectivity index (χ0) is 17.5. The normalized spacial score (nSPS) is 11.8. The lowest BCUT2D eigenvalue weighted by Gasteiger charge is -2.09. The molecule has 2 heterocycles. The Hall–Kier alpha value is -2.61. The van der Waals surface area contributed by atoms with Crippen molar-refractivity contribution < 1.29 is 12.9 Å². The Morgan fingerprint density at radius 3 is 2.62 bits per heavy atom. The van der Waals surface area contributed by atoms with Gasteiger partial charge in [0.15, 0.2) is 16.1 Å². The fourth-order valence-corrected chi connectivity index (χ4v) is 4.00. The van der Waals surface area contributed by atoms with Gasteiger partial charge in [0.1, 0.15) is 5.69 Å². The van der Waals surface area contributed by atoms with Crippen LogP contribution >= 0.6 is 0 Å². The van der Waals surface area contributed by atoms with E-state index in [4.69, 9.17) is 4.52 Å². The van der Waals surface area contributed by atoms with Crippen LogP contribution in [0.3, 0.4) is 0 Å². The van der Waals surface area contributed by atoms with Gasteiger partial charge in [-0.3, -0.25) is 9.52 Å². The molecule has 0 amide bonds. The minimum absolute atomic E-state index is 0.0119. The highest BCUT2D eigenvalue weighted by Gasteiger charge is 2.24. The summed E-state index contributed by atoms with van der Waals surface area (Å²) >= 11 is 0. The summed E-state index contributed by atoms with van der Waals surface area (Å²) in [6.07, 6.45) is 0.714. The van der Waals surface area contributed by atoms with Gasteiger partial charge in [-0.25, -0.2) is 8.42 Å². The van der Waals surface area contributed by atoms with Crippen molar-refractivity contribution in [3.63, 3.8) is 0 Å². The number of benzene rings is 1. The van der Waals surface area contributed by atoms with Gasteiger partial charge in [-0.2, -0.15) is 0 Å². The molecule has 0 saturated heterocycles. The first-order valence-corrected chi connectivity index (χ1v) is 8.92. The lowest BCUT2D eigenvalue weighted by Crippen LogP contribution is -2.15. The van der Waals surface area contributed by atoms with Crippen molar-refractivity contribution in [2.24, 2.45) is 0 Å². The first kappa shape index (κ1) is 16.3. The molecule has 24 heavy (non-hydrogen) atoms. The number of anilines is 1. The molecule has 0 radical (unpaired) electrons. The average Bonchev–Trinajstić information content (AvgIpc) is 2.87. The van der Waals surface area contributed by atoms with Gasteiger partial charge in [-0.15, -0.1) is 0 Å². The molecule has 0 aliphatic heterocycles. The summed E-state index contributed by atoms with van der Waals surface area (Å²) in [5.41, 5.74) is 1.93. The van der Waals surface area contributed by atoms with E-state index in [1.165, 1.54) is 19.1 Å². The molecule has 0 aliphatic carbocycles. The molecular formula is C16H17N3O4S.